The van der Waals surface area contributed by atoms with Crippen molar-refractivity contribution in [3.05, 3.63) is 29.3 Å². The molecule has 5 nitrogen and oxygen atoms in total. The summed E-state index contributed by atoms with van der Waals surface area (Å²) in [6.07, 6.45) is 2.02. The highest BCUT2D eigenvalue weighted by atomic mass is 32.2. The Labute approximate surface area is 127 Å². The molecule has 0 aromatic heterocycles. The first-order valence-electron chi connectivity index (χ1n) is 7.19. The van der Waals surface area contributed by atoms with Gasteiger partial charge in [-0.3, -0.25) is 4.55 Å². The van der Waals surface area contributed by atoms with Crippen molar-refractivity contribution in [1.29, 1.82) is 0 Å². The molecule has 1 aromatic carbocycles. The van der Waals surface area contributed by atoms with E-state index in [0.717, 1.165) is 24.0 Å². The average molecular weight is 315 g/mol. The second-order valence-electron chi connectivity index (χ2n) is 5.56. The minimum atomic E-state index is -3.95. The molecule has 0 fully saturated rings. The van der Waals surface area contributed by atoms with E-state index in [1.54, 1.807) is 19.2 Å². The Morgan fingerprint density at radius 2 is 2.00 bits per heavy atom. The van der Waals surface area contributed by atoms with Gasteiger partial charge in [-0.1, -0.05) is 32.4 Å². The minimum absolute atomic E-state index is 0.246. The maximum absolute atomic E-state index is 10.8. The van der Waals surface area contributed by atoms with Crippen LogP contribution in [0.25, 0.3) is 0 Å². The first-order valence-corrected chi connectivity index (χ1v) is 8.80. The highest BCUT2D eigenvalue weighted by molar-refractivity contribution is 7.85. The molecule has 1 atom stereocenters. The van der Waals surface area contributed by atoms with Gasteiger partial charge >= 0.3 is 0 Å². The Balaban J connectivity index is 2.85. The normalized spacial score (nSPS) is 13.6. The van der Waals surface area contributed by atoms with Gasteiger partial charge in [0.1, 0.15) is 5.75 Å². The quantitative estimate of drug-likeness (QED) is 0.721. The smallest absolute Gasteiger partial charge is 0.266 e. The van der Waals surface area contributed by atoms with E-state index in [9.17, 15) is 13.5 Å². The van der Waals surface area contributed by atoms with E-state index in [4.69, 9.17) is 4.55 Å². The second kappa shape index (κ2) is 7.77. The first kappa shape index (κ1) is 17.9. The van der Waals surface area contributed by atoms with Crippen molar-refractivity contribution in [2.75, 3.05) is 19.3 Å². The number of rotatable bonds is 8. The number of phenols is 1. The Kier molecular flexibility index (Phi) is 6.64. The Bertz CT molecular complexity index is 557. The van der Waals surface area contributed by atoms with Crippen LogP contribution in [-0.4, -0.2) is 42.3 Å². The fourth-order valence-electron chi connectivity index (χ4n) is 2.52. The molecule has 0 amide bonds. The average Bonchev–Trinajstić information content (AvgIpc) is 2.36. The molecule has 1 rings (SSSR count). The Morgan fingerprint density at radius 1 is 1.33 bits per heavy atom. The van der Waals surface area contributed by atoms with Crippen LogP contribution in [0.4, 0.5) is 0 Å². The van der Waals surface area contributed by atoms with Crippen molar-refractivity contribution in [3.8, 4) is 5.75 Å². The molecule has 0 aliphatic carbocycles. The molecule has 6 heteroatoms. The monoisotopic (exact) mass is 315 g/mol. The molecular formula is C15H25NO4S. The lowest BCUT2D eigenvalue weighted by molar-refractivity contribution is 0.338. The molecule has 0 saturated carbocycles. The fourth-order valence-corrected chi connectivity index (χ4v) is 3.07. The van der Waals surface area contributed by atoms with Gasteiger partial charge in [-0.2, -0.15) is 8.42 Å². The van der Waals surface area contributed by atoms with E-state index in [-0.39, 0.29) is 24.0 Å². The lowest BCUT2D eigenvalue weighted by Gasteiger charge is -2.22. The zero-order valence-corrected chi connectivity index (χ0v) is 13.7. The number of phenolic OH excluding ortho intramolecular Hbond substituents is 1. The predicted octanol–water partition coefficient (Wildman–Crippen LogP) is 2.62. The first-order chi connectivity index (χ1) is 9.74. The van der Waals surface area contributed by atoms with Crippen molar-refractivity contribution in [2.24, 2.45) is 0 Å². The van der Waals surface area contributed by atoms with Gasteiger partial charge in [-0.05, 0) is 31.0 Å². The lowest BCUT2D eigenvalue weighted by atomic mass is 9.91. The molecule has 0 spiro atoms. The van der Waals surface area contributed by atoms with Crippen molar-refractivity contribution >= 4 is 10.1 Å². The van der Waals surface area contributed by atoms with Crippen molar-refractivity contribution in [2.45, 2.75) is 39.2 Å². The van der Waals surface area contributed by atoms with E-state index in [1.807, 2.05) is 11.0 Å². The summed E-state index contributed by atoms with van der Waals surface area (Å²) in [5.41, 5.74) is 1.92. The van der Waals surface area contributed by atoms with Crippen LogP contribution in [0.2, 0.25) is 0 Å². The van der Waals surface area contributed by atoms with Gasteiger partial charge in [0.15, 0.2) is 0 Å². The summed E-state index contributed by atoms with van der Waals surface area (Å²) in [5.74, 6) is 0.250. The van der Waals surface area contributed by atoms with Crippen LogP contribution in [0.1, 0.15) is 43.7 Å². The number of nitrogens with zero attached hydrogens (tertiary/aromatic N) is 1. The fraction of sp³-hybridized carbons (Fsp3) is 0.600. The van der Waals surface area contributed by atoms with E-state index in [0.29, 0.717) is 6.54 Å². The van der Waals surface area contributed by atoms with Crippen LogP contribution in [0.3, 0.4) is 0 Å². The van der Waals surface area contributed by atoms with Gasteiger partial charge in [0, 0.05) is 18.7 Å². The molecule has 1 aromatic rings. The molecule has 0 aliphatic heterocycles. The van der Waals surface area contributed by atoms with Crippen LogP contribution in [0.15, 0.2) is 18.2 Å². The van der Waals surface area contributed by atoms with Crippen molar-refractivity contribution in [3.63, 3.8) is 0 Å². The second-order valence-corrected chi connectivity index (χ2v) is 7.14. The van der Waals surface area contributed by atoms with Gasteiger partial charge in [0.05, 0.1) is 5.75 Å². The molecule has 120 valence electrons. The summed E-state index contributed by atoms with van der Waals surface area (Å²) in [5, 5.41) is 10.1. The SMILES string of the molecule is CCCC(C)c1c(O)cccc1CN(C)CCS(=O)(=O)O. The molecule has 0 bridgehead atoms. The van der Waals surface area contributed by atoms with E-state index in [1.165, 1.54) is 0 Å². The minimum Gasteiger partial charge on any atom is -0.508 e. The number of hydrogen-bond acceptors (Lipinski definition) is 4. The maximum atomic E-state index is 10.8. The molecule has 21 heavy (non-hydrogen) atoms. The van der Waals surface area contributed by atoms with Gasteiger partial charge in [-0.15, -0.1) is 0 Å². The molecule has 0 radical (unpaired) electrons. The molecular weight excluding hydrogens is 290 g/mol. The zero-order valence-electron chi connectivity index (χ0n) is 12.9. The molecule has 0 heterocycles. The van der Waals surface area contributed by atoms with E-state index in [2.05, 4.69) is 13.8 Å². The molecule has 1 unspecified atom stereocenters. The Hall–Kier alpha value is -1.11. The topological polar surface area (TPSA) is 77.8 Å². The van der Waals surface area contributed by atoms with Gasteiger partial charge in [0.25, 0.3) is 10.1 Å². The third-order valence-corrected chi connectivity index (χ3v) is 4.26. The van der Waals surface area contributed by atoms with Crippen LogP contribution >= 0.6 is 0 Å². The number of benzene rings is 1. The zero-order chi connectivity index (χ0) is 16.0. The van der Waals surface area contributed by atoms with Crippen LogP contribution < -0.4 is 0 Å². The lowest BCUT2D eigenvalue weighted by Crippen LogP contribution is -2.25. The van der Waals surface area contributed by atoms with Crippen LogP contribution in [-0.2, 0) is 16.7 Å². The third-order valence-electron chi connectivity index (χ3n) is 3.56. The highest BCUT2D eigenvalue weighted by Crippen LogP contribution is 2.32. The number of hydrogen-bond donors (Lipinski definition) is 2. The van der Waals surface area contributed by atoms with E-state index >= 15 is 0 Å². The van der Waals surface area contributed by atoms with Gasteiger partial charge in [-0.25, -0.2) is 0 Å². The largest absolute Gasteiger partial charge is 0.508 e. The number of aromatic hydroxyl groups is 1. The maximum Gasteiger partial charge on any atom is 0.266 e. The van der Waals surface area contributed by atoms with Gasteiger partial charge < -0.3 is 10.0 Å². The summed E-state index contributed by atoms with van der Waals surface area (Å²) < 4.78 is 30.4. The highest BCUT2D eigenvalue weighted by Gasteiger charge is 2.16. The molecule has 0 saturated heterocycles. The summed E-state index contributed by atoms with van der Waals surface area (Å²) in [6, 6.07) is 5.43. The summed E-state index contributed by atoms with van der Waals surface area (Å²) >= 11 is 0. The third kappa shape index (κ3) is 6.03. The summed E-state index contributed by atoms with van der Waals surface area (Å²) in [4.78, 5) is 1.82. The van der Waals surface area contributed by atoms with E-state index < -0.39 is 10.1 Å². The molecule has 2 N–H and O–H groups in total. The van der Waals surface area contributed by atoms with Crippen LogP contribution in [0.5, 0.6) is 5.75 Å². The summed E-state index contributed by atoms with van der Waals surface area (Å²) in [7, 11) is -2.15. The predicted molar refractivity (Wildman–Crippen MR) is 84.2 cm³/mol. The van der Waals surface area contributed by atoms with Crippen LogP contribution in [0, 0.1) is 0 Å². The summed E-state index contributed by atoms with van der Waals surface area (Å²) in [6.45, 7) is 4.97. The molecule has 0 aliphatic rings. The van der Waals surface area contributed by atoms with Crippen molar-refractivity contribution in [1.82, 2.24) is 4.90 Å². The Morgan fingerprint density at radius 3 is 2.57 bits per heavy atom. The standard InChI is InChI=1S/C15H25NO4S/c1-4-6-12(2)15-13(7-5-8-14(15)17)11-16(3)9-10-21(18,19)20/h5,7-8,12,17H,4,6,9-11H2,1-3H3,(H,18,19,20). The van der Waals surface area contributed by atoms with Crippen molar-refractivity contribution < 1.29 is 18.1 Å². The van der Waals surface area contributed by atoms with Gasteiger partial charge in [0.2, 0.25) is 0 Å².